The van der Waals surface area contributed by atoms with Gasteiger partial charge in [0.2, 0.25) is 0 Å². The summed E-state index contributed by atoms with van der Waals surface area (Å²) in [5, 5.41) is 0. The first kappa shape index (κ1) is 38.4. The van der Waals surface area contributed by atoms with E-state index in [4.69, 9.17) is 9.72 Å². The quantitative estimate of drug-likeness (QED) is 0.167. The second-order valence-corrected chi connectivity index (χ2v) is 17.4. The number of aryl methyl sites for hydroxylation is 2. The van der Waals surface area contributed by atoms with Gasteiger partial charge < -0.3 is 9.64 Å². The summed E-state index contributed by atoms with van der Waals surface area (Å²) in [4.78, 5) is 7.62. The van der Waals surface area contributed by atoms with E-state index < -0.39 is 5.41 Å². The Morgan fingerprint density at radius 3 is 1.79 bits per heavy atom. The van der Waals surface area contributed by atoms with Gasteiger partial charge in [-0.05, 0) is 123 Å². The molecule has 1 atom stereocenters. The molecule has 0 N–H and O–H groups in total. The van der Waals surface area contributed by atoms with Gasteiger partial charge in [-0.15, -0.1) is 0 Å². The summed E-state index contributed by atoms with van der Waals surface area (Å²) in [6.45, 7) is 9.07. The van der Waals surface area contributed by atoms with Crippen molar-refractivity contribution in [2.45, 2.75) is 39.0 Å². The fourth-order valence-corrected chi connectivity index (χ4v) is 10.4. The topological polar surface area (TPSA) is 25.4 Å². The Balaban J connectivity index is 1.12. The third-order valence-corrected chi connectivity index (χ3v) is 13.4. The van der Waals surface area contributed by atoms with Crippen LogP contribution in [-0.2, 0) is 5.41 Å². The van der Waals surface area contributed by atoms with Crippen LogP contribution in [0.5, 0.6) is 11.5 Å². The zero-order valence-electron chi connectivity index (χ0n) is 36.4. The number of nitrogens with zero attached hydrogens (tertiary/aromatic N) is 2. The van der Waals surface area contributed by atoms with Crippen molar-refractivity contribution < 1.29 is 4.74 Å². The van der Waals surface area contributed by atoms with Gasteiger partial charge in [-0.1, -0.05) is 166 Å². The molecule has 3 nitrogen and oxygen atoms in total. The van der Waals surface area contributed by atoms with E-state index in [1.54, 1.807) is 0 Å². The normalized spacial score (nSPS) is 14.7. The third kappa shape index (κ3) is 6.14. The van der Waals surface area contributed by atoms with E-state index in [9.17, 15) is 0 Å². The highest BCUT2D eigenvalue weighted by Crippen LogP contribution is 2.62. The maximum absolute atomic E-state index is 6.89. The van der Waals surface area contributed by atoms with Gasteiger partial charge in [-0.2, -0.15) is 0 Å². The number of pyridine rings is 1. The van der Waals surface area contributed by atoms with Crippen molar-refractivity contribution in [3.05, 3.63) is 233 Å². The van der Waals surface area contributed by atoms with Gasteiger partial charge in [0.1, 0.15) is 11.5 Å². The Kier molecular flexibility index (Phi) is 9.24. The average Bonchev–Trinajstić information content (AvgIpc) is 3.33. The van der Waals surface area contributed by atoms with Crippen LogP contribution in [0.4, 0.5) is 11.4 Å². The van der Waals surface area contributed by atoms with Gasteiger partial charge >= 0.3 is 0 Å². The van der Waals surface area contributed by atoms with Crippen molar-refractivity contribution in [1.82, 2.24) is 4.98 Å². The number of benzene rings is 8. The summed E-state index contributed by atoms with van der Waals surface area (Å²) in [5.41, 5.74) is 21.6. The Bertz CT molecular complexity index is 3160. The highest BCUT2D eigenvalue weighted by Gasteiger charge is 2.51. The number of hydrogen-bond donors (Lipinski definition) is 0. The number of rotatable bonds is 6. The summed E-state index contributed by atoms with van der Waals surface area (Å²) in [7, 11) is 2.23. The maximum atomic E-state index is 6.89. The van der Waals surface area contributed by atoms with Crippen molar-refractivity contribution in [3.63, 3.8) is 0 Å². The molecule has 2 aliphatic heterocycles. The van der Waals surface area contributed by atoms with Crippen LogP contribution < -0.4 is 9.64 Å². The molecule has 0 bridgehead atoms. The summed E-state index contributed by atoms with van der Waals surface area (Å²) in [5.74, 6) is 2.11. The molecule has 0 amide bonds. The van der Waals surface area contributed by atoms with Gasteiger partial charge in [-0.25, -0.2) is 4.98 Å². The first-order valence-electron chi connectivity index (χ1n) is 22.0. The molecule has 304 valence electrons. The minimum absolute atomic E-state index is 0.338. The monoisotopic (exact) mass is 812 g/mol. The molecule has 8 aromatic carbocycles. The van der Waals surface area contributed by atoms with Crippen LogP contribution in [0.15, 0.2) is 194 Å². The van der Waals surface area contributed by atoms with Gasteiger partial charge in [-0.3, -0.25) is 0 Å². The van der Waals surface area contributed by atoms with Crippen molar-refractivity contribution in [1.29, 1.82) is 0 Å². The number of aromatic nitrogens is 1. The molecule has 0 radical (unpaired) electrons. The first-order chi connectivity index (χ1) is 30.8. The highest BCUT2D eigenvalue weighted by atomic mass is 16.5. The largest absolute Gasteiger partial charge is 0.457 e. The first-order valence-corrected chi connectivity index (χ1v) is 22.0. The minimum Gasteiger partial charge on any atom is -0.457 e. The Hall–Kier alpha value is -7.49. The second-order valence-electron chi connectivity index (χ2n) is 17.4. The van der Waals surface area contributed by atoms with Gasteiger partial charge in [0.25, 0.3) is 0 Å². The summed E-state index contributed by atoms with van der Waals surface area (Å²) in [6, 6.07) is 70.5. The zero-order valence-corrected chi connectivity index (χ0v) is 36.4. The Morgan fingerprint density at radius 2 is 1.06 bits per heavy atom. The predicted molar refractivity (Wildman–Crippen MR) is 261 cm³/mol. The lowest BCUT2D eigenvalue weighted by molar-refractivity contribution is 0.434. The number of fused-ring (bicyclic) bond motifs is 8. The SMILES string of the molecule is Cc1ccc(-c2ccc3c(c2)C2(c4ccccc4O3)c3ccccc3N(C)c3c(C(C)C)cccc32)cc1-c1c(C)cccc1-c1cc(-c2ccccc2)nc(-c2ccccc2)c1. The molecule has 3 heteroatoms. The molecule has 0 saturated heterocycles. The molecule has 3 heterocycles. The highest BCUT2D eigenvalue weighted by molar-refractivity contribution is 5.92. The lowest BCUT2D eigenvalue weighted by Crippen LogP contribution is -2.40. The van der Waals surface area contributed by atoms with E-state index in [0.29, 0.717) is 5.92 Å². The van der Waals surface area contributed by atoms with Crippen LogP contribution in [0.2, 0.25) is 0 Å². The fraction of sp³-hybridized carbons (Fsp3) is 0.117. The van der Waals surface area contributed by atoms with Gasteiger partial charge in [0.05, 0.1) is 16.8 Å². The van der Waals surface area contributed by atoms with Crippen molar-refractivity contribution >= 4 is 11.4 Å². The molecular formula is C60H48N2O. The van der Waals surface area contributed by atoms with E-state index >= 15 is 0 Å². The molecule has 11 rings (SSSR count). The lowest BCUT2D eigenvalue weighted by Gasteiger charge is -2.48. The summed E-state index contributed by atoms with van der Waals surface area (Å²) >= 11 is 0. The number of anilines is 2. The molecule has 1 unspecified atom stereocenters. The predicted octanol–water partition coefficient (Wildman–Crippen LogP) is 15.7. The van der Waals surface area contributed by atoms with Crippen LogP contribution >= 0.6 is 0 Å². The maximum Gasteiger partial charge on any atom is 0.132 e. The smallest absolute Gasteiger partial charge is 0.132 e. The third-order valence-electron chi connectivity index (χ3n) is 13.4. The van der Waals surface area contributed by atoms with Crippen LogP contribution in [-0.4, -0.2) is 12.0 Å². The van der Waals surface area contributed by atoms with E-state index in [0.717, 1.165) is 61.8 Å². The Labute approximate surface area is 371 Å². The average molecular weight is 813 g/mol. The lowest BCUT2D eigenvalue weighted by atomic mass is 9.60. The van der Waals surface area contributed by atoms with E-state index in [1.165, 1.54) is 55.9 Å². The van der Waals surface area contributed by atoms with Crippen LogP contribution in [0.25, 0.3) is 55.9 Å². The number of ether oxygens (including phenoxy) is 1. The molecule has 1 spiro atoms. The van der Waals surface area contributed by atoms with Crippen LogP contribution in [0.3, 0.4) is 0 Å². The molecular weight excluding hydrogens is 765 g/mol. The molecule has 0 aliphatic carbocycles. The molecule has 1 aromatic heterocycles. The molecule has 9 aromatic rings. The minimum atomic E-state index is -0.617. The number of hydrogen-bond acceptors (Lipinski definition) is 3. The molecule has 63 heavy (non-hydrogen) atoms. The fourth-order valence-electron chi connectivity index (χ4n) is 10.4. The van der Waals surface area contributed by atoms with Crippen molar-refractivity contribution in [3.8, 4) is 67.4 Å². The van der Waals surface area contributed by atoms with Gasteiger partial charge in [0.15, 0.2) is 0 Å². The van der Waals surface area contributed by atoms with E-state index in [2.05, 4.69) is 234 Å². The Morgan fingerprint density at radius 1 is 0.460 bits per heavy atom. The molecule has 0 saturated carbocycles. The van der Waals surface area contributed by atoms with Gasteiger partial charge in [0, 0.05) is 40.7 Å². The van der Waals surface area contributed by atoms with E-state index in [-0.39, 0.29) is 0 Å². The zero-order chi connectivity index (χ0) is 42.8. The number of para-hydroxylation sites is 3. The van der Waals surface area contributed by atoms with Crippen LogP contribution in [0, 0.1) is 13.8 Å². The molecule has 0 fully saturated rings. The van der Waals surface area contributed by atoms with Crippen molar-refractivity contribution in [2.75, 3.05) is 11.9 Å². The standard InChI is InChI=1S/C60H48N2O/c1-38(2)46-23-17-27-51-59(46)62(5)55-28-14-12-25-49(55)60(51)50-26-13-15-29-56(50)63-57-33-32-44(35-52(57)60)43-31-30-39(3)48(34-43)58-40(4)18-16-24-47(58)45-36-53(41-19-8-6-9-20-41)61-54(37-45)42-21-10-7-11-22-42/h6-38H,1-5H3. The summed E-state index contributed by atoms with van der Waals surface area (Å²) in [6.07, 6.45) is 0. The van der Waals surface area contributed by atoms with Crippen molar-refractivity contribution in [2.24, 2.45) is 0 Å². The second kappa shape index (κ2) is 15.1. The van der Waals surface area contributed by atoms with Crippen LogP contribution in [0.1, 0.15) is 58.7 Å². The van der Waals surface area contributed by atoms with E-state index in [1.807, 2.05) is 0 Å². The summed E-state index contributed by atoms with van der Waals surface area (Å²) < 4.78 is 6.89. The molecule has 2 aliphatic rings.